The van der Waals surface area contributed by atoms with Crippen LogP contribution in [0.4, 0.5) is 8.78 Å². The predicted molar refractivity (Wildman–Crippen MR) is 40.1 cm³/mol. The lowest BCUT2D eigenvalue weighted by molar-refractivity contribution is 0.560. The smallest absolute Gasteiger partial charge is 0.147 e. The summed E-state index contributed by atoms with van der Waals surface area (Å²) in [4.78, 5) is 0. The lowest BCUT2D eigenvalue weighted by atomic mass is 10.1. The Bertz CT molecular complexity index is 339. The van der Waals surface area contributed by atoms with Gasteiger partial charge in [0.05, 0.1) is 5.56 Å². The molecule has 0 heterocycles. The number of nitrogens with zero attached hydrogens (tertiary/aromatic N) is 1. The number of halogens is 2. The molecule has 0 N–H and O–H groups in total. The van der Waals surface area contributed by atoms with Gasteiger partial charge in [-0.05, 0) is 25.5 Å². The lowest BCUT2D eigenvalue weighted by Crippen LogP contribution is -1.96. The predicted octanol–water partition coefficient (Wildman–Crippen LogP) is 2.21. The molecule has 0 bridgehead atoms. The van der Waals surface area contributed by atoms with E-state index in [0.717, 1.165) is 12.1 Å². The second-order valence-electron chi connectivity index (χ2n) is 2.25. The maximum absolute atomic E-state index is 13.0. The van der Waals surface area contributed by atoms with Gasteiger partial charge in [-0.2, -0.15) is 5.26 Å². The molecule has 0 aliphatic heterocycles. The molecule has 3 heteroatoms. The highest BCUT2D eigenvalue weighted by Crippen LogP contribution is 2.16. The van der Waals surface area contributed by atoms with Gasteiger partial charge in [0.15, 0.2) is 0 Å². The normalized spacial score (nSPS) is 9.50. The Labute approximate surface area is 69.2 Å². The molecule has 0 aliphatic rings. The largest absolute Gasteiger partial charge is 0.207 e. The van der Waals surface area contributed by atoms with E-state index in [9.17, 15) is 8.78 Å². The van der Waals surface area contributed by atoms with Gasteiger partial charge >= 0.3 is 0 Å². The van der Waals surface area contributed by atoms with Gasteiger partial charge in [-0.25, -0.2) is 8.78 Å². The van der Waals surface area contributed by atoms with E-state index in [4.69, 9.17) is 5.26 Å². The molecule has 1 radical (unpaired) electrons. The second-order valence-corrected chi connectivity index (χ2v) is 2.25. The molecule has 1 aromatic rings. The molecule has 0 saturated heterocycles. The number of benzene rings is 1. The molecule has 0 spiro atoms. The summed E-state index contributed by atoms with van der Waals surface area (Å²) < 4.78 is 25.8. The van der Waals surface area contributed by atoms with Crippen molar-refractivity contribution in [1.29, 1.82) is 5.26 Å². The summed E-state index contributed by atoms with van der Waals surface area (Å²) in [5, 5.41) is 8.40. The average Bonchev–Trinajstić information content (AvgIpc) is 2.06. The zero-order chi connectivity index (χ0) is 9.14. The Morgan fingerprint density at radius 3 is 2.58 bits per heavy atom. The van der Waals surface area contributed by atoms with Crippen LogP contribution >= 0.6 is 0 Å². The van der Waals surface area contributed by atoms with Gasteiger partial charge in [0, 0.05) is 5.56 Å². The molecular weight excluding hydrogens is 160 g/mol. The van der Waals surface area contributed by atoms with Gasteiger partial charge in [0.1, 0.15) is 17.7 Å². The first kappa shape index (κ1) is 8.66. The molecule has 1 nitrogen and oxygen atoms in total. The minimum atomic E-state index is -0.799. The molecule has 61 valence electrons. The van der Waals surface area contributed by atoms with Crippen molar-refractivity contribution in [1.82, 2.24) is 0 Å². The van der Waals surface area contributed by atoms with E-state index in [2.05, 4.69) is 6.92 Å². The van der Waals surface area contributed by atoms with Gasteiger partial charge in [-0.3, -0.25) is 0 Å². The maximum atomic E-state index is 13.0. The van der Waals surface area contributed by atoms with Crippen LogP contribution in [0, 0.1) is 29.9 Å². The van der Waals surface area contributed by atoms with Crippen LogP contribution in [-0.4, -0.2) is 0 Å². The van der Waals surface area contributed by atoms with Crippen molar-refractivity contribution in [2.24, 2.45) is 0 Å². The van der Waals surface area contributed by atoms with Crippen molar-refractivity contribution in [3.8, 4) is 6.07 Å². The Morgan fingerprint density at radius 1 is 1.42 bits per heavy atom. The summed E-state index contributed by atoms with van der Waals surface area (Å²) in [5.74, 6) is -1.45. The number of rotatable bonds is 1. The average molecular weight is 166 g/mol. The number of hydrogen-bond donors (Lipinski definition) is 0. The Morgan fingerprint density at radius 2 is 2.08 bits per heavy atom. The summed E-state index contributed by atoms with van der Waals surface area (Å²) in [7, 11) is 0. The lowest BCUT2D eigenvalue weighted by Gasteiger charge is -2.01. The Kier molecular flexibility index (Phi) is 2.39. The monoisotopic (exact) mass is 166 g/mol. The third-order valence-corrected chi connectivity index (χ3v) is 1.56. The quantitative estimate of drug-likeness (QED) is 0.627. The van der Waals surface area contributed by atoms with E-state index >= 15 is 0 Å². The van der Waals surface area contributed by atoms with Gasteiger partial charge in [0.2, 0.25) is 0 Å². The van der Waals surface area contributed by atoms with Crippen molar-refractivity contribution in [2.75, 3.05) is 0 Å². The first-order valence-electron chi connectivity index (χ1n) is 3.37. The van der Waals surface area contributed by atoms with Crippen molar-refractivity contribution < 1.29 is 8.78 Å². The zero-order valence-corrected chi connectivity index (χ0v) is 6.27. The van der Waals surface area contributed by atoms with E-state index < -0.39 is 11.6 Å². The summed E-state index contributed by atoms with van der Waals surface area (Å²) in [6.07, 6.45) is 0.00713. The first-order chi connectivity index (χ1) is 5.70. The third-order valence-electron chi connectivity index (χ3n) is 1.56. The van der Waals surface area contributed by atoms with Crippen LogP contribution in [0.5, 0.6) is 0 Å². The van der Waals surface area contributed by atoms with E-state index in [1.807, 2.05) is 0 Å². The first-order valence-corrected chi connectivity index (χ1v) is 3.37. The minimum absolute atomic E-state index is 0.00713. The van der Waals surface area contributed by atoms with Crippen LogP contribution in [0.15, 0.2) is 12.1 Å². The van der Waals surface area contributed by atoms with E-state index in [-0.39, 0.29) is 17.5 Å². The Balaban J connectivity index is 3.36. The van der Waals surface area contributed by atoms with Gasteiger partial charge in [-0.15, -0.1) is 0 Å². The molecule has 0 amide bonds. The van der Waals surface area contributed by atoms with Gasteiger partial charge in [-0.1, -0.05) is 0 Å². The number of hydrogen-bond acceptors (Lipinski definition) is 1. The van der Waals surface area contributed by atoms with Crippen LogP contribution in [0.3, 0.4) is 0 Å². The molecule has 1 aromatic carbocycles. The highest BCUT2D eigenvalue weighted by Gasteiger charge is 2.10. The summed E-state index contributed by atoms with van der Waals surface area (Å²) >= 11 is 0. The third kappa shape index (κ3) is 1.28. The van der Waals surface area contributed by atoms with Gasteiger partial charge < -0.3 is 0 Å². The highest BCUT2D eigenvalue weighted by molar-refractivity contribution is 5.36. The standard InChI is InChI=1S/C9H6F2N/c1-2-7-8(10)4-3-6(5-12)9(7)11/h3-4H,1-2H2. The fourth-order valence-electron chi connectivity index (χ4n) is 0.913. The molecule has 0 atom stereocenters. The molecular formula is C9H6F2N. The molecule has 12 heavy (non-hydrogen) atoms. The second kappa shape index (κ2) is 3.31. The molecule has 1 rings (SSSR count). The molecule has 0 aromatic heterocycles. The summed E-state index contributed by atoms with van der Waals surface area (Å²) in [6.45, 7) is 3.36. The van der Waals surface area contributed by atoms with E-state index in [1.54, 1.807) is 6.07 Å². The minimum Gasteiger partial charge on any atom is -0.207 e. The maximum Gasteiger partial charge on any atom is 0.147 e. The highest BCUT2D eigenvalue weighted by atomic mass is 19.1. The zero-order valence-electron chi connectivity index (χ0n) is 6.27. The van der Waals surface area contributed by atoms with Crippen molar-refractivity contribution in [3.05, 3.63) is 41.8 Å². The van der Waals surface area contributed by atoms with Crippen molar-refractivity contribution >= 4 is 0 Å². The van der Waals surface area contributed by atoms with Crippen LogP contribution in [-0.2, 0) is 6.42 Å². The number of nitriles is 1. The van der Waals surface area contributed by atoms with E-state index in [1.165, 1.54) is 0 Å². The molecule has 0 saturated carbocycles. The van der Waals surface area contributed by atoms with Crippen LogP contribution in [0.2, 0.25) is 0 Å². The molecule has 0 unspecified atom stereocenters. The SMILES string of the molecule is [CH2]Cc1c(F)ccc(C#N)c1F. The van der Waals surface area contributed by atoms with Crippen molar-refractivity contribution in [3.63, 3.8) is 0 Å². The van der Waals surface area contributed by atoms with Crippen LogP contribution in [0.25, 0.3) is 0 Å². The van der Waals surface area contributed by atoms with E-state index in [0.29, 0.717) is 0 Å². The van der Waals surface area contributed by atoms with Crippen LogP contribution in [0.1, 0.15) is 11.1 Å². The van der Waals surface area contributed by atoms with Gasteiger partial charge in [0.25, 0.3) is 0 Å². The summed E-state index contributed by atoms with van der Waals surface area (Å²) in [6, 6.07) is 3.81. The van der Waals surface area contributed by atoms with Crippen molar-refractivity contribution in [2.45, 2.75) is 6.42 Å². The Hall–Kier alpha value is -1.43. The molecule has 0 aliphatic carbocycles. The topological polar surface area (TPSA) is 23.8 Å². The fraction of sp³-hybridized carbons (Fsp3) is 0.111. The molecule has 0 fully saturated rings. The summed E-state index contributed by atoms with van der Waals surface area (Å²) in [5.41, 5.74) is -0.274. The fourth-order valence-corrected chi connectivity index (χ4v) is 0.913. The van der Waals surface area contributed by atoms with Crippen LogP contribution < -0.4 is 0 Å².